The van der Waals surface area contributed by atoms with Crippen LogP contribution in [0, 0.1) is 11.3 Å². The fourth-order valence-corrected chi connectivity index (χ4v) is 2.81. The largest absolute Gasteiger partial charge is 0.384 e. The monoisotopic (exact) mass is 345 g/mol. The lowest BCUT2D eigenvalue weighted by atomic mass is 9.99. The van der Waals surface area contributed by atoms with Crippen molar-refractivity contribution >= 4 is 17.6 Å². The van der Waals surface area contributed by atoms with Crippen molar-refractivity contribution in [3.05, 3.63) is 35.4 Å². The SMILES string of the molecule is CC(C)[C@H](NC(=O)c1ccc(C(=N)N)cc1)C(=O)N1CCC([O])CC1. The number of hydrogen-bond donors (Lipinski definition) is 3. The van der Waals surface area contributed by atoms with Crippen LogP contribution in [0.15, 0.2) is 24.3 Å². The first-order valence-corrected chi connectivity index (χ1v) is 8.49. The van der Waals surface area contributed by atoms with Crippen LogP contribution in [0.4, 0.5) is 0 Å². The lowest BCUT2D eigenvalue weighted by Gasteiger charge is -2.33. The van der Waals surface area contributed by atoms with Gasteiger partial charge in [0.05, 0.1) is 6.10 Å². The Bertz CT molecular complexity index is 634. The van der Waals surface area contributed by atoms with E-state index in [1.54, 1.807) is 29.2 Å². The quantitative estimate of drug-likeness (QED) is 0.548. The number of carbonyl (C=O) groups is 2. The molecule has 7 heteroatoms. The molecule has 1 aliphatic heterocycles. The summed E-state index contributed by atoms with van der Waals surface area (Å²) < 4.78 is 0. The zero-order chi connectivity index (χ0) is 18.6. The molecule has 135 valence electrons. The summed E-state index contributed by atoms with van der Waals surface area (Å²) >= 11 is 0. The van der Waals surface area contributed by atoms with E-state index in [2.05, 4.69) is 5.32 Å². The molecule has 4 N–H and O–H groups in total. The van der Waals surface area contributed by atoms with E-state index in [4.69, 9.17) is 11.1 Å². The number of nitrogens with zero attached hydrogens (tertiary/aromatic N) is 1. The molecule has 0 unspecified atom stereocenters. The number of benzene rings is 1. The van der Waals surface area contributed by atoms with Gasteiger partial charge in [-0.2, -0.15) is 0 Å². The minimum atomic E-state index is -0.636. The van der Waals surface area contributed by atoms with Gasteiger partial charge in [-0.05, 0) is 30.9 Å². The Labute approximate surface area is 147 Å². The zero-order valence-corrected chi connectivity index (χ0v) is 14.6. The topological polar surface area (TPSA) is 119 Å². The molecular weight excluding hydrogens is 320 g/mol. The predicted octanol–water partition coefficient (Wildman–Crippen LogP) is 1.15. The lowest BCUT2D eigenvalue weighted by molar-refractivity contribution is -0.136. The highest BCUT2D eigenvalue weighted by atomic mass is 16.3. The van der Waals surface area contributed by atoms with Crippen LogP contribution in [0.5, 0.6) is 0 Å². The second kappa shape index (κ2) is 8.11. The van der Waals surface area contributed by atoms with E-state index in [1.165, 1.54) is 0 Å². The highest BCUT2D eigenvalue weighted by Gasteiger charge is 2.31. The van der Waals surface area contributed by atoms with Crippen molar-refractivity contribution in [1.82, 2.24) is 10.2 Å². The van der Waals surface area contributed by atoms with Gasteiger partial charge in [0.25, 0.3) is 5.91 Å². The molecule has 2 amide bonds. The number of nitrogens with one attached hydrogen (secondary N) is 2. The molecule has 1 radical (unpaired) electrons. The van der Waals surface area contributed by atoms with Gasteiger partial charge in [-0.3, -0.25) is 15.0 Å². The number of carbonyl (C=O) groups excluding carboxylic acids is 2. The number of piperidine rings is 1. The second-order valence-corrected chi connectivity index (χ2v) is 6.71. The minimum absolute atomic E-state index is 0.0658. The van der Waals surface area contributed by atoms with E-state index in [-0.39, 0.29) is 23.6 Å². The van der Waals surface area contributed by atoms with E-state index < -0.39 is 12.1 Å². The van der Waals surface area contributed by atoms with Crippen LogP contribution < -0.4 is 11.1 Å². The summed E-state index contributed by atoms with van der Waals surface area (Å²) in [6.45, 7) is 4.64. The average molecular weight is 345 g/mol. The molecule has 0 aliphatic carbocycles. The molecule has 0 spiro atoms. The van der Waals surface area contributed by atoms with Gasteiger partial charge in [-0.1, -0.05) is 26.0 Å². The fraction of sp³-hybridized carbons (Fsp3) is 0.500. The third-order valence-electron chi connectivity index (χ3n) is 4.43. The first-order valence-electron chi connectivity index (χ1n) is 8.49. The number of likely N-dealkylation sites (tertiary alicyclic amines) is 1. The van der Waals surface area contributed by atoms with Crippen molar-refractivity contribution in [3.8, 4) is 0 Å². The van der Waals surface area contributed by atoms with Gasteiger partial charge >= 0.3 is 0 Å². The van der Waals surface area contributed by atoms with E-state index in [0.717, 1.165) is 0 Å². The van der Waals surface area contributed by atoms with Crippen LogP contribution in [0.3, 0.4) is 0 Å². The standard InChI is InChI=1S/C18H25N4O3/c1-11(2)15(18(25)22-9-7-14(23)8-10-22)21-17(24)13-5-3-12(4-6-13)16(19)20/h3-6,11,14-15H,7-10H2,1-2H3,(H3,19,20)(H,21,24)/t15-/m0/s1. The summed E-state index contributed by atoms with van der Waals surface area (Å²) in [5.74, 6) is -0.627. The summed E-state index contributed by atoms with van der Waals surface area (Å²) in [6, 6.07) is 5.72. The highest BCUT2D eigenvalue weighted by molar-refractivity contribution is 5.99. The molecule has 0 aromatic heterocycles. The maximum atomic E-state index is 12.7. The highest BCUT2D eigenvalue weighted by Crippen LogP contribution is 2.15. The van der Waals surface area contributed by atoms with Crippen molar-refractivity contribution in [1.29, 1.82) is 5.41 Å². The molecule has 1 fully saturated rings. The Morgan fingerprint density at radius 3 is 2.16 bits per heavy atom. The molecule has 1 saturated heterocycles. The smallest absolute Gasteiger partial charge is 0.251 e. The van der Waals surface area contributed by atoms with Gasteiger partial charge in [0.15, 0.2) is 0 Å². The van der Waals surface area contributed by atoms with Crippen molar-refractivity contribution in [2.24, 2.45) is 11.7 Å². The first kappa shape index (κ1) is 18.9. The molecule has 1 heterocycles. The number of hydrogen-bond acceptors (Lipinski definition) is 3. The summed E-state index contributed by atoms with van der Waals surface area (Å²) in [5.41, 5.74) is 6.34. The Morgan fingerprint density at radius 1 is 1.16 bits per heavy atom. The van der Waals surface area contributed by atoms with Gasteiger partial charge in [-0.25, -0.2) is 5.11 Å². The van der Waals surface area contributed by atoms with Crippen LogP contribution in [0.25, 0.3) is 0 Å². The van der Waals surface area contributed by atoms with Gasteiger partial charge in [0.1, 0.15) is 11.9 Å². The number of rotatable bonds is 5. The molecule has 2 rings (SSSR count). The molecule has 1 aromatic rings. The van der Waals surface area contributed by atoms with Crippen LogP contribution in [0.1, 0.15) is 42.6 Å². The van der Waals surface area contributed by atoms with Gasteiger partial charge in [0.2, 0.25) is 5.91 Å². The maximum absolute atomic E-state index is 12.7. The summed E-state index contributed by atoms with van der Waals surface area (Å²) in [4.78, 5) is 26.8. The van der Waals surface area contributed by atoms with E-state index in [9.17, 15) is 14.7 Å². The van der Waals surface area contributed by atoms with Gasteiger partial charge in [0, 0.05) is 24.2 Å². The Balaban J connectivity index is 2.06. The third kappa shape index (κ3) is 4.79. The van der Waals surface area contributed by atoms with Crippen molar-refractivity contribution in [2.75, 3.05) is 13.1 Å². The number of nitrogen functional groups attached to an aromatic ring is 1. The summed E-state index contributed by atoms with van der Waals surface area (Å²) in [7, 11) is 0. The Kier molecular flexibility index (Phi) is 6.14. The normalized spacial score (nSPS) is 16.6. The molecule has 7 nitrogen and oxygen atoms in total. The molecule has 1 atom stereocenters. The maximum Gasteiger partial charge on any atom is 0.251 e. The summed E-state index contributed by atoms with van der Waals surface area (Å²) in [5, 5.41) is 21.6. The fourth-order valence-electron chi connectivity index (χ4n) is 2.81. The Morgan fingerprint density at radius 2 is 1.68 bits per heavy atom. The molecule has 1 aromatic carbocycles. The Hall–Kier alpha value is -2.41. The van der Waals surface area contributed by atoms with E-state index in [0.29, 0.717) is 37.1 Å². The number of amides is 2. The second-order valence-electron chi connectivity index (χ2n) is 6.71. The first-order chi connectivity index (χ1) is 11.8. The van der Waals surface area contributed by atoms with E-state index >= 15 is 0 Å². The average Bonchev–Trinajstić information content (AvgIpc) is 2.59. The van der Waals surface area contributed by atoms with Crippen LogP contribution in [-0.4, -0.2) is 47.8 Å². The van der Waals surface area contributed by atoms with Gasteiger partial charge < -0.3 is 16.0 Å². The number of nitrogens with two attached hydrogens (primary N) is 1. The van der Waals surface area contributed by atoms with Crippen LogP contribution >= 0.6 is 0 Å². The van der Waals surface area contributed by atoms with Crippen molar-refractivity contribution < 1.29 is 14.7 Å². The molecular formula is C18H25N4O3. The van der Waals surface area contributed by atoms with Crippen LogP contribution in [-0.2, 0) is 9.90 Å². The van der Waals surface area contributed by atoms with E-state index in [1.807, 2.05) is 13.8 Å². The minimum Gasteiger partial charge on any atom is -0.384 e. The number of amidine groups is 1. The predicted molar refractivity (Wildman–Crippen MR) is 93.8 cm³/mol. The van der Waals surface area contributed by atoms with Crippen molar-refractivity contribution in [3.63, 3.8) is 0 Å². The summed E-state index contributed by atoms with van der Waals surface area (Å²) in [6.07, 6.45) is 0.310. The molecule has 25 heavy (non-hydrogen) atoms. The van der Waals surface area contributed by atoms with Crippen LogP contribution in [0.2, 0.25) is 0 Å². The molecule has 1 aliphatic rings. The zero-order valence-electron chi connectivity index (χ0n) is 14.6. The third-order valence-corrected chi connectivity index (χ3v) is 4.43. The van der Waals surface area contributed by atoms with Crippen molar-refractivity contribution in [2.45, 2.75) is 38.8 Å². The van der Waals surface area contributed by atoms with Gasteiger partial charge in [-0.15, -0.1) is 0 Å². The lowest BCUT2D eigenvalue weighted by Crippen LogP contribution is -2.53. The molecule has 0 bridgehead atoms. The molecule has 0 saturated carbocycles.